The Balaban J connectivity index is 1.93. The maximum Gasteiger partial charge on any atom is 0.163 e. The molecule has 0 saturated carbocycles. The smallest absolute Gasteiger partial charge is 0.163 e. The zero-order valence-electron chi connectivity index (χ0n) is 8.98. The third-order valence-electron chi connectivity index (χ3n) is 2.57. The lowest BCUT2D eigenvalue weighted by Crippen LogP contribution is -2.17. The number of aromatic amines is 1. The third-order valence-corrected chi connectivity index (χ3v) is 2.57. The van der Waals surface area contributed by atoms with Gasteiger partial charge in [-0.3, -0.25) is 4.40 Å². The van der Waals surface area contributed by atoms with Crippen LogP contribution in [0.4, 0.5) is 0 Å². The second-order valence-electron chi connectivity index (χ2n) is 3.75. The van der Waals surface area contributed by atoms with Crippen molar-refractivity contribution in [1.82, 2.24) is 29.5 Å². The highest BCUT2D eigenvalue weighted by Gasteiger charge is 2.14. The molecular weight excluding hydrogens is 218 g/mol. The Morgan fingerprint density at radius 3 is 3.12 bits per heavy atom. The van der Waals surface area contributed by atoms with Gasteiger partial charge in [-0.2, -0.15) is 0 Å². The van der Waals surface area contributed by atoms with Gasteiger partial charge in [0.2, 0.25) is 0 Å². The lowest BCUT2D eigenvalue weighted by Gasteiger charge is -2.07. The monoisotopic (exact) mass is 229 g/mol. The fourth-order valence-corrected chi connectivity index (χ4v) is 1.74. The molecule has 3 aromatic heterocycles. The minimum Gasteiger partial charge on any atom is -0.348 e. The van der Waals surface area contributed by atoms with Crippen LogP contribution in [0.25, 0.3) is 5.65 Å². The van der Waals surface area contributed by atoms with E-state index in [1.54, 1.807) is 35.5 Å². The molecule has 7 nitrogen and oxygen atoms in total. The zero-order valence-corrected chi connectivity index (χ0v) is 8.98. The minimum atomic E-state index is -0.241. The van der Waals surface area contributed by atoms with E-state index in [9.17, 15) is 0 Å². The fraction of sp³-hybridized carbons (Fsp3) is 0.200. The quantitative estimate of drug-likeness (QED) is 0.663. The van der Waals surface area contributed by atoms with E-state index in [0.717, 1.165) is 11.3 Å². The van der Waals surface area contributed by atoms with Gasteiger partial charge in [-0.15, -0.1) is 10.2 Å². The van der Waals surface area contributed by atoms with Crippen LogP contribution in [-0.4, -0.2) is 29.5 Å². The molecule has 3 aromatic rings. The summed E-state index contributed by atoms with van der Waals surface area (Å²) < 4.78 is 1.79. The van der Waals surface area contributed by atoms with Crippen molar-refractivity contribution < 1.29 is 0 Å². The topological polar surface area (TPSA) is 97.8 Å². The van der Waals surface area contributed by atoms with Crippen LogP contribution in [0.15, 0.2) is 31.1 Å². The van der Waals surface area contributed by atoms with E-state index in [1.807, 2.05) is 0 Å². The van der Waals surface area contributed by atoms with Gasteiger partial charge in [-0.05, 0) is 0 Å². The van der Waals surface area contributed by atoms with Crippen molar-refractivity contribution in [3.05, 3.63) is 42.6 Å². The highest BCUT2D eigenvalue weighted by molar-refractivity contribution is 5.35. The van der Waals surface area contributed by atoms with Crippen molar-refractivity contribution in [3.8, 4) is 0 Å². The Hall–Kier alpha value is -2.28. The molecule has 0 aliphatic carbocycles. The molecular formula is C10H11N7. The lowest BCUT2D eigenvalue weighted by molar-refractivity contribution is 0.648. The molecule has 1 unspecified atom stereocenters. The van der Waals surface area contributed by atoms with E-state index in [4.69, 9.17) is 5.73 Å². The lowest BCUT2D eigenvalue weighted by atomic mass is 10.1. The molecule has 3 N–H and O–H groups in total. The molecule has 0 fully saturated rings. The van der Waals surface area contributed by atoms with Crippen molar-refractivity contribution in [2.45, 2.75) is 12.5 Å². The van der Waals surface area contributed by atoms with Gasteiger partial charge in [0.1, 0.15) is 6.33 Å². The number of hydrogen-bond acceptors (Lipinski definition) is 5. The molecule has 1 atom stereocenters. The van der Waals surface area contributed by atoms with E-state index < -0.39 is 0 Å². The van der Waals surface area contributed by atoms with Crippen LogP contribution in [0, 0.1) is 0 Å². The molecule has 0 aliphatic heterocycles. The summed E-state index contributed by atoms with van der Waals surface area (Å²) in [5, 5.41) is 8.13. The van der Waals surface area contributed by atoms with Crippen molar-refractivity contribution in [2.75, 3.05) is 0 Å². The summed E-state index contributed by atoms with van der Waals surface area (Å²) in [6.07, 6.45) is 7.36. The molecule has 0 radical (unpaired) electrons. The molecule has 0 amide bonds. The van der Waals surface area contributed by atoms with Gasteiger partial charge in [0.15, 0.2) is 11.5 Å². The van der Waals surface area contributed by atoms with E-state index >= 15 is 0 Å². The van der Waals surface area contributed by atoms with Gasteiger partial charge in [-0.25, -0.2) is 9.97 Å². The molecule has 0 saturated heterocycles. The molecule has 0 bridgehead atoms. The Morgan fingerprint density at radius 2 is 2.29 bits per heavy atom. The average molecular weight is 229 g/mol. The minimum absolute atomic E-state index is 0.241. The summed E-state index contributed by atoms with van der Waals surface area (Å²) in [5.74, 6) is 0.697. The van der Waals surface area contributed by atoms with Crippen LogP contribution in [0.2, 0.25) is 0 Å². The number of hydrogen-bond donors (Lipinski definition) is 2. The summed E-state index contributed by atoms with van der Waals surface area (Å²) in [6, 6.07) is 1.55. The SMILES string of the molecule is NC(Cc1cnc[nH]1)c1nnc2ccncn12. The zero-order chi connectivity index (χ0) is 11.7. The summed E-state index contributed by atoms with van der Waals surface area (Å²) >= 11 is 0. The average Bonchev–Trinajstić information content (AvgIpc) is 2.96. The summed E-state index contributed by atoms with van der Waals surface area (Å²) in [6.45, 7) is 0. The van der Waals surface area contributed by atoms with Crippen LogP contribution in [0.1, 0.15) is 17.6 Å². The summed E-state index contributed by atoms with van der Waals surface area (Å²) in [4.78, 5) is 11.0. The summed E-state index contributed by atoms with van der Waals surface area (Å²) in [7, 11) is 0. The van der Waals surface area contributed by atoms with Gasteiger partial charge in [0.05, 0.1) is 12.4 Å². The normalized spacial score (nSPS) is 13.0. The Labute approximate surface area is 96.7 Å². The molecule has 3 rings (SSSR count). The second-order valence-corrected chi connectivity index (χ2v) is 3.75. The fourth-order valence-electron chi connectivity index (χ4n) is 1.74. The predicted octanol–water partition coefficient (Wildman–Crippen LogP) is 0.0899. The summed E-state index contributed by atoms with van der Waals surface area (Å²) in [5.41, 5.74) is 7.81. The van der Waals surface area contributed by atoms with Crippen molar-refractivity contribution in [2.24, 2.45) is 5.73 Å². The molecule has 0 aliphatic rings. The first-order valence-electron chi connectivity index (χ1n) is 5.22. The number of rotatable bonds is 3. The van der Waals surface area contributed by atoms with Gasteiger partial charge >= 0.3 is 0 Å². The number of H-pyrrole nitrogens is 1. The van der Waals surface area contributed by atoms with Gasteiger partial charge in [-0.1, -0.05) is 0 Å². The maximum absolute atomic E-state index is 6.10. The Kier molecular flexibility index (Phi) is 2.30. The first-order chi connectivity index (χ1) is 8.34. The van der Waals surface area contributed by atoms with Crippen LogP contribution >= 0.6 is 0 Å². The first-order valence-corrected chi connectivity index (χ1v) is 5.22. The first kappa shape index (κ1) is 9.91. The Morgan fingerprint density at radius 1 is 1.35 bits per heavy atom. The number of nitrogens with one attached hydrogen (secondary N) is 1. The molecule has 17 heavy (non-hydrogen) atoms. The number of nitrogens with zero attached hydrogens (tertiary/aromatic N) is 5. The molecule has 0 aromatic carbocycles. The van der Waals surface area contributed by atoms with E-state index in [-0.39, 0.29) is 6.04 Å². The largest absolute Gasteiger partial charge is 0.348 e. The van der Waals surface area contributed by atoms with Gasteiger partial charge < -0.3 is 10.7 Å². The standard InChI is InChI=1S/C10H11N7/c11-8(3-7-4-13-5-14-7)10-16-15-9-1-2-12-6-17(9)10/h1-2,4-6,8H,3,11H2,(H,13,14). The van der Waals surface area contributed by atoms with E-state index in [2.05, 4.69) is 25.1 Å². The van der Waals surface area contributed by atoms with Crippen LogP contribution < -0.4 is 5.73 Å². The predicted molar refractivity (Wildman–Crippen MR) is 60.0 cm³/mol. The highest BCUT2D eigenvalue weighted by Crippen LogP contribution is 2.13. The van der Waals surface area contributed by atoms with Crippen molar-refractivity contribution in [3.63, 3.8) is 0 Å². The number of nitrogens with two attached hydrogens (primary N) is 1. The van der Waals surface area contributed by atoms with E-state index in [1.165, 1.54) is 0 Å². The third kappa shape index (κ3) is 1.76. The molecule has 86 valence electrons. The number of fused-ring (bicyclic) bond motifs is 1. The van der Waals surface area contributed by atoms with E-state index in [0.29, 0.717) is 12.2 Å². The van der Waals surface area contributed by atoms with Crippen LogP contribution in [0.5, 0.6) is 0 Å². The van der Waals surface area contributed by atoms with Crippen molar-refractivity contribution in [1.29, 1.82) is 0 Å². The van der Waals surface area contributed by atoms with Crippen LogP contribution in [0.3, 0.4) is 0 Å². The number of imidazole rings is 1. The van der Waals surface area contributed by atoms with Gasteiger partial charge in [0.25, 0.3) is 0 Å². The Bertz CT molecular complexity index is 612. The maximum atomic E-state index is 6.10. The molecule has 3 heterocycles. The second kappa shape index (κ2) is 3.95. The number of aromatic nitrogens is 6. The van der Waals surface area contributed by atoms with Crippen LogP contribution in [-0.2, 0) is 6.42 Å². The molecule has 0 spiro atoms. The molecule has 7 heteroatoms. The van der Waals surface area contributed by atoms with Gasteiger partial charge in [0, 0.05) is 30.6 Å². The highest BCUT2D eigenvalue weighted by atomic mass is 15.3. The van der Waals surface area contributed by atoms with Crippen molar-refractivity contribution >= 4 is 5.65 Å².